The maximum absolute atomic E-state index is 10.8. The molecule has 1 rings (SSSR count). The van der Waals surface area contributed by atoms with E-state index in [9.17, 15) is 10.1 Å². The summed E-state index contributed by atoms with van der Waals surface area (Å²) in [5.74, 6) is 0. The van der Waals surface area contributed by atoms with Gasteiger partial charge in [0.15, 0.2) is 5.69 Å². The van der Waals surface area contributed by atoms with E-state index in [0.29, 0.717) is 12.3 Å². The van der Waals surface area contributed by atoms with Crippen molar-refractivity contribution in [2.24, 2.45) is 0 Å². The van der Waals surface area contributed by atoms with Crippen LogP contribution >= 0.6 is 0 Å². The Hall–Kier alpha value is -1.25. The molecule has 0 unspecified atom stereocenters. The van der Waals surface area contributed by atoms with Crippen LogP contribution in [-0.4, -0.2) is 36.5 Å². The molecule has 0 spiro atoms. The summed E-state index contributed by atoms with van der Waals surface area (Å²) >= 11 is 0. The molecule has 108 valence electrons. The smallest absolute Gasteiger partial charge is 0.312 e. The van der Waals surface area contributed by atoms with Gasteiger partial charge < -0.3 is 9.47 Å². The lowest BCUT2D eigenvalue weighted by Crippen LogP contribution is -2.22. The second-order valence-electron chi connectivity index (χ2n) is 5.54. The number of hydrogen-bond acceptors (Lipinski definition) is 5. The quantitative estimate of drug-likeness (QED) is 0.317. The highest BCUT2D eigenvalue weighted by Gasteiger charge is 2.19. The first kappa shape index (κ1) is 15.8. The van der Waals surface area contributed by atoms with Crippen LogP contribution < -0.4 is 0 Å². The Bertz CT molecular complexity index is 428. The molecule has 0 N–H and O–H groups in total. The second-order valence-corrected chi connectivity index (χ2v) is 11.2. The van der Waals surface area contributed by atoms with Crippen LogP contribution in [0, 0.1) is 10.1 Å². The molecule has 0 bridgehead atoms. The molecule has 0 atom stereocenters. The Labute approximate surface area is 113 Å². The molecule has 0 saturated heterocycles. The van der Waals surface area contributed by atoms with Gasteiger partial charge in [0.1, 0.15) is 12.9 Å². The van der Waals surface area contributed by atoms with Crippen molar-refractivity contribution >= 4 is 13.8 Å². The monoisotopic (exact) mass is 287 g/mol. The van der Waals surface area contributed by atoms with E-state index in [4.69, 9.17) is 9.47 Å². The van der Waals surface area contributed by atoms with Crippen molar-refractivity contribution in [2.45, 2.75) is 39.0 Å². The first-order chi connectivity index (χ1) is 8.83. The first-order valence-corrected chi connectivity index (χ1v) is 9.81. The number of aromatic nitrogens is 2. The Kier molecular flexibility index (Phi) is 5.64. The third-order valence-electron chi connectivity index (χ3n) is 2.51. The molecule has 0 aliphatic carbocycles. The summed E-state index contributed by atoms with van der Waals surface area (Å²) in [4.78, 5) is 10.4. The summed E-state index contributed by atoms with van der Waals surface area (Å²) < 4.78 is 11.8. The van der Waals surface area contributed by atoms with E-state index >= 15 is 0 Å². The van der Waals surface area contributed by atoms with Gasteiger partial charge in [0, 0.05) is 21.8 Å². The minimum atomic E-state index is -1.11. The minimum absolute atomic E-state index is 0.0318. The zero-order chi connectivity index (χ0) is 14.5. The van der Waals surface area contributed by atoms with Crippen molar-refractivity contribution in [2.75, 3.05) is 13.7 Å². The number of rotatable bonds is 8. The van der Waals surface area contributed by atoms with E-state index in [-0.39, 0.29) is 19.0 Å². The van der Waals surface area contributed by atoms with E-state index in [1.807, 2.05) is 0 Å². The Balaban J connectivity index is 2.55. The summed E-state index contributed by atoms with van der Waals surface area (Å²) in [5.41, 5.74) is 0.289. The van der Waals surface area contributed by atoms with Crippen LogP contribution in [0.15, 0.2) is 6.20 Å². The van der Waals surface area contributed by atoms with Crippen LogP contribution in [-0.2, 0) is 22.8 Å². The summed E-state index contributed by atoms with van der Waals surface area (Å²) in [6, 6.07) is 1.06. The van der Waals surface area contributed by atoms with Crippen LogP contribution in [0.3, 0.4) is 0 Å². The fraction of sp³-hybridized carbons (Fsp3) is 0.727. The number of nitro groups is 1. The molecule has 0 aromatic carbocycles. The Morgan fingerprint density at radius 1 is 1.47 bits per heavy atom. The molecule has 0 amide bonds. The lowest BCUT2D eigenvalue weighted by molar-refractivity contribution is -0.386. The molecular formula is C11H21N3O4Si. The highest BCUT2D eigenvalue weighted by atomic mass is 28.3. The Morgan fingerprint density at radius 2 is 2.16 bits per heavy atom. The molecule has 1 aromatic rings. The topological polar surface area (TPSA) is 79.4 Å². The predicted molar refractivity (Wildman–Crippen MR) is 73.7 cm³/mol. The minimum Gasteiger partial charge on any atom is -0.378 e. The van der Waals surface area contributed by atoms with Gasteiger partial charge in [-0.3, -0.25) is 10.1 Å². The van der Waals surface area contributed by atoms with Crippen molar-refractivity contribution in [1.82, 2.24) is 9.78 Å². The average molecular weight is 287 g/mol. The molecule has 0 aliphatic heterocycles. The van der Waals surface area contributed by atoms with Gasteiger partial charge in [0.2, 0.25) is 0 Å². The fourth-order valence-electron chi connectivity index (χ4n) is 1.45. The highest BCUT2D eigenvalue weighted by Crippen LogP contribution is 2.17. The van der Waals surface area contributed by atoms with Crippen LogP contribution in [0.2, 0.25) is 25.7 Å². The van der Waals surface area contributed by atoms with E-state index in [1.165, 1.54) is 18.0 Å². The largest absolute Gasteiger partial charge is 0.378 e. The lowest BCUT2D eigenvalue weighted by Gasteiger charge is -2.15. The summed E-state index contributed by atoms with van der Waals surface area (Å²) in [5, 5.41) is 14.9. The van der Waals surface area contributed by atoms with Crippen molar-refractivity contribution in [3.63, 3.8) is 0 Å². The first-order valence-electron chi connectivity index (χ1n) is 6.11. The molecule has 0 radical (unpaired) electrons. The van der Waals surface area contributed by atoms with Crippen molar-refractivity contribution in [3.05, 3.63) is 22.0 Å². The maximum atomic E-state index is 10.8. The van der Waals surface area contributed by atoms with Crippen LogP contribution in [0.1, 0.15) is 5.69 Å². The standard InChI is InChI=1S/C11H21N3O4Si/c1-17-8-10-11(14(15)16)7-13(12-10)9-18-5-6-19(2,3)4/h7H,5-6,8-9H2,1-4H3. The highest BCUT2D eigenvalue weighted by molar-refractivity contribution is 6.76. The molecule has 7 nitrogen and oxygen atoms in total. The molecule has 19 heavy (non-hydrogen) atoms. The fourth-order valence-corrected chi connectivity index (χ4v) is 2.20. The van der Waals surface area contributed by atoms with Crippen molar-refractivity contribution in [3.8, 4) is 0 Å². The van der Waals surface area contributed by atoms with Crippen molar-refractivity contribution < 1.29 is 14.4 Å². The Morgan fingerprint density at radius 3 is 2.68 bits per heavy atom. The lowest BCUT2D eigenvalue weighted by atomic mass is 10.4. The number of nitrogens with zero attached hydrogens (tertiary/aromatic N) is 3. The molecule has 0 fully saturated rings. The molecule has 1 aromatic heterocycles. The van der Waals surface area contributed by atoms with Crippen LogP contribution in [0.5, 0.6) is 0 Å². The van der Waals surface area contributed by atoms with E-state index in [2.05, 4.69) is 24.7 Å². The zero-order valence-corrected chi connectivity index (χ0v) is 12.9. The molecule has 1 heterocycles. The third kappa shape index (κ3) is 5.49. The van der Waals surface area contributed by atoms with Gasteiger partial charge >= 0.3 is 5.69 Å². The van der Waals surface area contributed by atoms with Crippen LogP contribution in [0.25, 0.3) is 0 Å². The van der Waals surface area contributed by atoms with Crippen LogP contribution in [0.4, 0.5) is 5.69 Å². The van der Waals surface area contributed by atoms with Crippen molar-refractivity contribution in [1.29, 1.82) is 0 Å². The van der Waals surface area contributed by atoms with Gasteiger partial charge in [-0.15, -0.1) is 0 Å². The van der Waals surface area contributed by atoms with Gasteiger partial charge in [-0.2, -0.15) is 5.10 Å². The number of hydrogen-bond donors (Lipinski definition) is 0. The second kappa shape index (κ2) is 6.78. The predicted octanol–water partition coefficient (Wildman–Crippen LogP) is 2.25. The molecule has 0 aliphatic rings. The normalized spacial score (nSPS) is 11.8. The van der Waals surface area contributed by atoms with E-state index in [1.54, 1.807) is 0 Å². The van der Waals surface area contributed by atoms with Gasteiger partial charge in [-0.25, -0.2) is 4.68 Å². The van der Waals surface area contributed by atoms with Gasteiger partial charge in [0.25, 0.3) is 0 Å². The summed E-state index contributed by atoms with van der Waals surface area (Å²) in [6.45, 7) is 7.82. The number of methoxy groups -OCH3 is 1. The zero-order valence-electron chi connectivity index (χ0n) is 11.9. The summed E-state index contributed by atoms with van der Waals surface area (Å²) in [7, 11) is 0.365. The van der Waals surface area contributed by atoms with Gasteiger partial charge in [-0.1, -0.05) is 19.6 Å². The number of ether oxygens (including phenoxy) is 2. The molecular weight excluding hydrogens is 266 g/mol. The molecule has 0 saturated carbocycles. The van der Waals surface area contributed by atoms with Gasteiger partial charge in [0.05, 0.1) is 11.5 Å². The SMILES string of the molecule is COCc1nn(COCC[Si](C)(C)C)cc1[N+](=O)[O-]. The third-order valence-corrected chi connectivity index (χ3v) is 4.22. The molecule has 8 heteroatoms. The average Bonchev–Trinajstić information content (AvgIpc) is 2.67. The van der Waals surface area contributed by atoms with E-state index < -0.39 is 13.0 Å². The maximum Gasteiger partial charge on any atom is 0.312 e. The van der Waals surface area contributed by atoms with Gasteiger partial charge in [-0.05, 0) is 6.04 Å². The van der Waals surface area contributed by atoms with E-state index in [0.717, 1.165) is 6.04 Å². The summed E-state index contributed by atoms with van der Waals surface area (Å²) in [6.07, 6.45) is 1.38.